The number of likely N-dealkylation sites (tertiary alicyclic amines) is 1. The molecule has 4 heterocycles. The van der Waals surface area contributed by atoms with Crippen molar-refractivity contribution in [3.05, 3.63) is 30.2 Å². The van der Waals surface area contributed by atoms with Crippen LogP contribution in [0.15, 0.2) is 24.7 Å². The molecule has 0 N–H and O–H groups in total. The van der Waals surface area contributed by atoms with E-state index in [1.165, 1.54) is 38.3 Å². The van der Waals surface area contributed by atoms with E-state index >= 15 is 0 Å². The molecule has 2 aromatic rings. The van der Waals surface area contributed by atoms with Gasteiger partial charge in [0.1, 0.15) is 6.54 Å². The van der Waals surface area contributed by atoms with E-state index in [9.17, 15) is 4.79 Å². The van der Waals surface area contributed by atoms with E-state index in [0.29, 0.717) is 6.54 Å². The minimum atomic E-state index is 0.238. The van der Waals surface area contributed by atoms with Crippen molar-refractivity contribution in [1.29, 1.82) is 0 Å². The van der Waals surface area contributed by atoms with Crippen LogP contribution in [0.25, 0.3) is 10.9 Å². The van der Waals surface area contributed by atoms with Crippen molar-refractivity contribution in [2.24, 2.45) is 5.92 Å². The summed E-state index contributed by atoms with van der Waals surface area (Å²) in [7, 11) is 2.20. The number of rotatable bonds is 4. The second kappa shape index (κ2) is 12.8. The van der Waals surface area contributed by atoms with E-state index < -0.39 is 0 Å². The summed E-state index contributed by atoms with van der Waals surface area (Å²) in [6.45, 7) is 18.2. The maximum Gasteiger partial charge on any atom is 0.242 e. The van der Waals surface area contributed by atoms with Gasteiger partial charge < -0.3 is 19.3 Å². The Hall–Kier alpha value is -1.92. The second-order valence-electron chi connectivity index (χ2n) is 8.26. The molecule has 2 saturated heterocycles. The van der Waals surface area contributed by atoms with Crippen LogP contribution in [0.1, 0.15) is 46.1 Å². The number of amides is 1. The number of pyridine rings is 1. The van der Waals surface area contributed by atoms with Crippen molar-refractivity contribution in [3.8, 4) is 0 Å². The average Bonchev–Trinajstić information content (AvgIpc) is 3.14. The largest absolute Gasteiger partial charge is 0.341 e. The lowest BCUT2D eigenvalue weighted by Gasteiger charge is -2.38. The van der Waals surface area contributed by atoms with Crippen LogP contribution < -0.4 is 0 Å². The molecule has 4 rings (SSSR count). The molecule has 0 radical (unpaired) electrons. The summed E-state index contributed by atoms with van der Waals surface area (Å²) in [5.41, 5.74) is 2.28. The molecule has 0 aliphatic carbocycles. The monoisotopic (exact) mass is 429 g/mol. The fourth-order valence-electron chi connectivity index (χ4n) is 4.45. The molecule has 174 valence electrons. The summed E-state index contributed by atoms with van der Waals surface area (Å²) in [6.07, 6.45) is 8.02. The molecule has 2 aliphatic heterocycles. The summed E-state index contributed by atoms with van der Waals surface area (Å²) in [6, 6.07) is 2.00. The number of hydrogen-bond donors (Lipinski definition) is 0. The van der Waals surface area contributed by atoms with Gasteiger partial charge in [-0.3, -0.25) is 9.78 Å². The summed E-state index contributed by atoms with van der Waals surface area (Å²) < 4.78 is 2.07. The van der Waals surface area contributed by atoms with Crippen LogP contribution in [0.4, 0.5) is 0 Å². The Morgan fingerprint density at radius 3 is 2.32 bits per heavy atom. The van der Waals surface area contributed by atoms with Gasteiger partial charge >= 0.3 is 0 Å². The van der Waals surface area contributed by atoms with E-state index in [1.807, 2.05) is 40.0 Å². The Bertz CT molecular complexity index is 786. The van der Waals surface area contributed by atoms with Crippen molar-refractivity contribution < 1.29 is 4.79 Å². The highest BCUT2D eigenvalue weighted by molar-refractivity contribution is 5.85. The summed E-state index contributed by atoms with van der Waals surface area (Å²) >= 11 is 0. The van der Waals surface area contributed by atoms with Gasteiger partial charge in [-0.15, -0.1) is 0 Å². The van der Waals surface area contributed by atoms with E-state index in [4.69, 9.17) is 0 Å². The summed E-state index contributed by atoms with van der Waals surface area (Å²) in [4.78, 5) is 24.1. The Morgan fingerprint density at radius 2 is 1.68 bits per heavy atom. The van der Waals surface area contributed by atoms with Crippen molar-refractivity contribution in [2.75, 3.05) is 52.9 Å². The minimum absolute atomic E-state index is 0.238. The molecule has 0 bridgehead atoms. The van der Waals surface area contributed by atoms with Crippen LogP contribution in [0.5, 0.6) is 0 Å². The van der Waals surface area contributed by atoms with Crippen molar-refractivity contribution in [2.45, 2.75) is 54.0 Å². The molecular weight excluding hydrogens is 386 g/mol. The Labute approximate surface area is 189 Å². The van der Waals surface area contributed by atoms with Gasteiger partial charge in [-0.2, -0.15) is 0 Å². The molecular formula is C25H43N5O. The molecule has 6 nitrogen and oxygen atoms in total. The van der Waals surface area contributed by atoms with Crippen LogP contribution in [0.3, 0.4) is 0 Å². The summed E-state index contributed by atoms with van der Waals surface area (Å²) in [5.74, 6) is 0.972. The maximum atomic E-state index is 12.8. The minimum Gasteiger partial charge on any atom is -0.341 e. The standard InChI is InChI=1S/C21H31N5O.2C2H6/c1-17-14-26(20-3-6-22-13-19(17)20)16-21(27)25-7-4-18(5-8-25)15-24-11-9-23(2)10-12-24;2*1-2/h3,6,13-14,18H,4-5,7-12,15-16H2,1-2H3;2*1-2H3. The second-order valence-corrected chi connectivity index (χ2v) is 8.26. The van der Waals surface area contributed by atoms with Gasteiger partial charge in [0, 0.05) is 69.8 Å². The first-order valence-corrected chi connectivity index (χ1v) is 12.2. The Morgan fingerprint density at radius 1 is 1.03 bits per heavy atom. The van der Waals surface area contributed by atoms with Gasteiger partial charge in [0.05, 0.1) is 5.52 Å². The number of piperazine rings is 1. The average molecular weight is 430 g/mol. The highest BCUT2D eigenvalue weighted by Gasteiger charge is 2.25. The molecule has 6 heteroatoms. The quantitative estimate of drug-likeness (QED) is 0.740. The van der Waals surface area contributed by atoms with Crippen LogP contribution in [-0.4, -0.2) is 83.0 Å². The molecule has 2 aliphatic rings. The fraction of sp³-hybridized carbons (Fsp3) is 0.680. The van der Waals surface area contributed by atoms with E-state index in [2.05, 4.69) is 44.4 Å². The van der Waals surface area contributed by atoms with Gasteiger partial charge in [0.2, 0.25) is 5.91 Å². The first-order chi connectivity index (χ1) is 15.1. The molecule has 0 atom stereocenters. The lowest BCUT2D eigenvalue weighted by molar-refractivity contribution is -0.133. The molecule has 2 aromatic heterocycles. The molecule has 0 unspecified atom stereocenters. The van der Waals surface area contributed by atoms with Crippen LogP contribution in [0.2, 0.25) is 0 Å². The predicted octanol–water partition coefficient (Wildman–Crippen LogP) is 3.88. The topological polar surface area (TPSA) is 44.6 Å². The number of carbonyl (C=O) groups is 1. The Kier molecular flexibility index (Phi) is 10.5. The van der Waals surface area contributed by atoms with Gasteiger partial charge in [-0.25, -0.2) is 0 Å². The number of likely N-dealkylation sites (N-methyl/N-ethyl adjacent to an activating group) is 1. The number of fused-ring (bicyclic) bond motifs is 1. The third-order valence-corrected chi connectivity index (χ3v) is 6.27. The normalized spacial score (nSPS) is 18.2. The first-order valence-electron chi connectivity index (χ1n) is 12.2. The molecule has 0 aromatic carbocycles. The highest BCUT2D eigenvalue weighted by Crippen LogP contribution is 2.22. The van der Waals surface area contributed by atoms with Crippen LogP contribution in [-0.2, 0) is 11.3 Å². The maximum absolute atomic E-state index is 12.8. The zero-order valence-corrected chi connectivity index (χ0v) is 20.6. The number of piperidine rings is 1. The third-order valence-electron chi connectivity index (χ3n) is 6.27. The van der Waals surface area contributed by atoms with Crippen molar-refractivity contribution >= 4 is 16.8 Å². The number of nitrogens with zero attached hydrogens (tertiary/aromatic N) is 5. The molecule has 2 fully saturated rings. The molecule has 1 amide bonds. The SMILES string of the molecule is CC.CC.Cc1cn(CC(=O)N2CCC(CN3CCN(C)CC3)CC2)c2ccncc12. The van der Waals surface area contributed by atoms with Gasteiger partial charge in [-0.1, -0.05) is 27.7 Å². The van der Waals surface area contributed by atoms with Crippen molar-refractivity contribution in [1.82, 2.24) is 24.3 Å². The number of carbonyl (C=O) groups excluding carboxylic acids is 1. The lowest BCUT2D eigenvalue weighted by atomic mass is 9.96. The molecule has 31 heavy (non-hydrogen) atoms. The fourth-order valence-corrected chi connectivity index (χ4v) is 4.45. The van der Waals surface area contributed by atoms with Gasteiger partial charge in [0.25, 0.3) is 0 Å². The van der Waals surface area contributed by atoms with E-state index in [1.54, 1.807) is 6.20 Å². The van der Waals surface area contributed by atoms with Crippen LogP contribution in [0, 0.1) is 12.8 Å². The first kappa shape index (κ1) is 25.3. The number of aromatic nitrogens is 2. The van der Waals surface area contributed by atoms with Crippen LogP contribution >= 0.6 is 0 Å². The zero-order chi connectivity index (χ0) is 22.8. The van der Waals surface area contributed by atoms with Gasteiger partial charge in [-0.05, 0) is 44.4 Å². The summed E-state index contributed by atoms with van der Waals surface area (Å²) in [5, 5.41) is 1.14. The number of aryl methyl sites for hydroxylation is 1. The van der Waals surface area contributed by atoms with Crippen molar-refractivity contribution in [3.63, 3.8) is 0 Å². The third kappa shape index (κ3) is 6.78. The zero-order valence-electron chi connectivity index (χ0n) is 20.6. The Balaban J connectivity index is 0.000000807. The molecule has 0 saturated carbocycles. The number of hydrogen-bond acceptors (Lipinski definition) is 4. The molecule has 0 spiro atoms. The highest BCUT2D eigenvalue weighted by atomic mass is 16.2. The van der Waals surface area contributed by atoms with Gasteiger partial charge in [0.15, 0.2) is 0 Å². The lowest BCUT2D eigenvalue weighted by Crippen LogP contribution is -2.48. The van der Waals surface area contributed by atoms with E-state index in [-0.39, 0.29) is 5.91 Å². The smallest absolute Gasteiger partial charge is 0.242 e. The predicted molar refractivity (Wildman–Crippen MR) is 130 cm³/mol. The van der Waals surface area contributed by atoms with E-state index in [0.717, 1.165) is 42.8 Å².